The lowest BCUT2D eigenvalue weighted by Crippen LogP contribution is -2.64. The number of carbonyl (C=O) groups is 5. The van der Waals surface area contributed by atoms with Crippen LogP contribution in [0.3, 0.4) is 0 Å². The molecule has 4 aliphatic rings. The fourth-order valence-electron chi connectivity index (χ4n) is 7.00. The average Bonchev–Trinajstić information content (AvgIpc) is 3.36. The number of phenols is 2. The minimum atomic E-state index is -2.53. The highest BCUT2D eigenvalue weighted by atomic mass is 16.6. The highest BCUT2D eigenvalue weighted by Crippen LogP contribution is 2.55. The maximum absolute atomic E-state index is 13.7. The molecule has 1 saturated heterocycles. The molecule has 0 unspecified atom stereocenters. The molecule has 2 aromatic carbocycles. The average molecular weight is 639 g/mol. The molecule has 6 rings (SSSR count). The zero-order valence-electron chi connectivity index (χ0n) is 25.1. The Morgan fingerprint density at radius 3 is 2.15 bits per heavy atom. The topological polar surface area (TPSA) is 212 Å². The van der Waals surface area contributed by atoms with Gasteiger partial charge < -0.3 is 44.1 Å². The number of benzene rings is 2. The van der Waals surface area contributed by atoms with Gasteiger partial charge in [-0.1, -0.05) is 13.8 Å². The summed E-state index contributed by atoms with van der Waals surface area (Å²) < 4.78 is 27.4. The number of Topliss-reactive ketones (excluding diaryl/α,β-unsaturated/α-hetero) is 2. The molecule has 14 nitrogen and oxygen atoms in total. The second-order valence-corrected chi connectivity index (χ2v) is 11.9. The normalized spacial score (nSPS) is 29.9. The largest absolute Gasteiger partial charge is 0.507 e. The number of cyclic esters (lactones) is 1. The summed E-state index contributed by atoms with van der Waals surface area (Å²) in [5.41, 5.74) is -6.04. The molecule has 1 saturated carbocycles. The standard InChI is InChI=1S/C32H30O14/c1-12-9-17(34)23-25(38)22-16(33)7-5-15(26(22)46-32(23,27(12)39)30(41)43-4)14-6-8-19-21(24(14)37)18(35)11-31(45-19,29(40)42-3)28-13(2)10-20(36)44-28/h5-8,12-13,27-28,33,37-39H,9-11H2,1-4H3/t12-,13-,27+,28+,31-,32+/m0/s1. The van der Waals surface area contributed by atoms with Gasteiger partial charge >= 0.3 is 17.9 Å². The predicted molar refractivity (Wildman–Crippen MR) is 153 cm³/mol. The Kier molecular flexibility index (Phi) is 7.04. The summed E-state index contributed by atoms with van der Waals surface area (Å²) in [7, 11) is 2.10. The van der Waals surface area contributed by atoms with E-state index in [4.69, 9.17) is 23.7 Å². The van der Waals surface area contributed by atoms with E-state index in [9.17, 15) is 44.4 Å². The summed E-state index contributed by atoms with van der Waals surface area (Å²) >= 11 is 0. The summed E-state index contributed by atoms with van der Waals surface area (Å²) in [6.07, 6.45) is -3.74. The maximum Gasteiger partial charge on any atom is 0.358 e. The Morgan fingerprint density at radius 2 is 1.52 bits per heavy atom. The number of aliphatic hydroxyl groups is 2. The van der Waals surface area contributed by atoms with Crippen molar-refractivity contribution in [2.24, 2.45) is 11.8 Å². The first-order valence-electron chi connectivity index (χ1n) is 14.4. The van der Waals surface area contributed by atoms with Crippen molar-refractivity contribution >= 4 is 35.2 Å². The molecule has 14 heteroatoms. The molecule has 3 aliphatic heterocycles. The second kappa shape index (κ2) is 10.5. The molecule has 0 aromatic heterocycles. The monoisotopic (exact) mass is 638 g/mol. The number of ether oxygens (including phenoxy) is 5. The van der Waals surface area contributed by atoms with E-state index in [1.165, 1.54) is 25.1 Å². The predicted octanol–water partition coefficient (Wildman–Crippen LogP) is 2.14. The van der Waals surface area contributed by atoms with E-state index in [-0.39, 0.29) is 35.3 Å². The highest BCUT2D eigenvalue weighted by Gasteiger charge is 2.64. The molecule has 6 atom stereocenters. The molecular formula is C32H30O14. The quantitative estimate of drug-likeness (QED) is 0.279. The first kappa shape index (κ1) is 30.9. The van der Waals surface area contributed by atoms with Crippen LogP contribution in [0.2, 0.25) is 0 Å². The van der Waals surface area contributed by atoms with Gasteiger partial charge in [-0.05, 0) is 30.2 Å². The lowest BCUT2D eigenvalue weighted by molar-refractivity contribution is -0.177. The van der Waals surface area contributed by atoms with Gasteiger partial charge in [0.05, 0.1) is 32.6 Å². The number of rotatable bonds is 4. The molecule has 46 heavy (non-hydrogen) atoms. The van der Waals surface area contributed by atoms with Crippen LogP contribution in [0.25, 0.3) is 16.9 Å². The molecule has 2 aromatic rings. The molecule has 0 bridgehead atoms. The van der Waals surface area contributed by atoms with Gasteiger partial charge in [-0.3, -0.25) is 14.4 Å². The van der Waals surface area contributed by atoms with E-state index < -0.39 is 105 Å². The van der Waals surface area contributed by atoms with E-state index in [0.717, 1.165) is 20.3 Å². The SMILES string of the molecule is COC(=O)[C@@]12Oc3c(-c4ccc5c(c4O)C(=O)C[C@@](C(=O)OC)([C@@H]4OC(=O)C[C@@H]4C)O5)ccc(O)c3C(O)=C1C(=O)C[C@H](C)[C@H]2O. The molecule has 242 valence electrons. The van der Waals surface area contributed by atoms with Crippen LogP contribution in [-0.2, 0) is 33.4 Å². The van der Waals surface area contributed by atoms with Crippen LogP contribution in [0.5, 0.6) is 23.0 Å². The van der Waals surface area contributed by atoms with Gasteiger partial charge in [-0.2, -0.15) is 0 Å². The van der Waals surface area contributed by atoms with Crippen molar-refractivity contribution in [1.82, 2.24) is 0 Å². The number of aromatic hydroxyl groups is 2. The number of methoxy groups -OCH3 is 2. The smallest absolute Gasteiger partial charge is 0.358 e. The summed E-state index contributed by atoms with van der Waals surface area (Å²) in [6, 6.07) is 4.98. The third-order valence-electron chi connectivity index (χ3n) is 9.15. The van der Waals surface area contributed by atoms with Crippen LogP contribution < -0.4 is 9.47 Å². The molecule has 0 spiro atoms. The highest BCUT2D eigenvalue weighted by molar-refractivity contribution is 6.13. The van der Waals surface area contributed by atoms with Crippen LogP contribution in [0.15, 0.2) is 29.8 Å². The second-order valence-electron chi connectivity index (χ2n) is 11.9. The molecular weight excluding hydrogens is 608 g/mol. The zero-order valence-corrected chi connectivity index (χ0v) is 25.1. The molecule has 1 aliphatic carbocycles. The van der Waals surface area contributed by atoms with E-state index in [0.29, 0.717) is 0 Å². The van der Waals surface area contributed by atoms with Crippen LogP contribution in [-0.4, -0.2) is 87.5 Å². The number of carbonyl (C=O) groups excluding carboxylic acids is 5. The van der Waals surface area contributed by atoms with Crippen molar-refractivity contribution in [3.8, 4) is 34.1 Å². The number of hydrogen-bond acceptors (Lipinski definition) is 14. The number of fused-ring (bicyclic) bond motifs is 3. The fourth-order valence-corrected chi connectivity index (χ4v) is 7.00. The molecule has 0 amide bonds. The first-order chi connectivity index (χ1) is 21.7. The molecule has 4 N–H and O–H groups in total. The number of esters is 3. The van der Waals surface area contributed by atoms with Crippen LogP contribution in [0.1, 0.15) is 49.0 Å². The van der Waals surface area contributed by atoms with E-state index in [1.54, 1.807) is 6.92 Å². The Balaban J connectivity index is 1.53. The van der Waals surface area contributed by atoms with Gasteiger partial charge in [0.25, 0.3) is 5.60 Å². The van der Waals surface area contributed by atoms with Crippen molar-refractivity contribution in [1.29, 1.82) is 0 Å². The van der Waals surface area contributed by atoms with Gasteiger partial charge in [0, 0.05) is 23.5 Å². The molecule has 0 radical (unpaired) electrons. The maximum atomic E-state index is 13.7. The Labute approximate surface area is 261 Å². The lowest BCUT2D eigenvalue weighted by Gasteiger charge is -2.45. The zero-order chi connectivity index (χ0) is 33.5. The van der Waals surface area contributed by atoms with Crippen molar-refractivity contribution in [2.75, 3.05) is 14.2 Å². The van der Waals surface area contributed by atoms with E-state index in [1.807, 2.05) is 0 Å². The van der Waals surface area contributed by atoms with Crippen molar-refractivity contribution in [3.05, 3.63) is 41.0 Å². The van der Waals surface area contributed by atoms with Gasteiger partial charge in [0.15, 0.2) is 17.7 Å². The Morgan fingerprint density at radius 1 is 0.848 bits per heavy atom. The number of phenolic OH excluding ortho intramolecular Hbond substituents is 2. The summed E-state index contributed by atoms with van der Waals surface area (Å²) in [5, 5.41) is 44.9. The van der Waals surface area contributed by atoms with Crippen molar-refractivity contribution in [3.63, 3.8) is 0 Å². The minimum absolute atomic E-state index is 0.0148. The van der Waals surface area contributed by atoms with E-state index >= 15 is 0 Å². The Hall–Kier alpha value is -5.11. The fraction of sp³-hybridized carbons (Fsp3) is 0.406. The summed E-state index contributed by atoms with van der Waals surface area (Å²) in [4.78, 5) is 65.3. The minimum Gasteiger partial charge on any atom is -0.507 e. The third kappa shape index (κ3) is 4.02. The van der Waals surface area contributed by atoms with Crippen molar-refractivity contribution in [2.45, 2.75) is 56.5 Å². The van der Waals surface area contributed by atoms with Gasteiger partial charge in [-0.15, -0.1) is 0 Å². The molecule has 3 heterocycles. The third-order valence-corrected chi connectivity index (χ3v) is 9.15. The first-order valence-corrected chi connectivity index (χ1v) is 14.4. The number of hydrogen-bond donors (Lipinski definition) is 4. The Bertz CT molecular complexity index is 1770. The van der Waals surface area contributed by atoms with Gasteiger partial charge in [0.1, 0.15) is 46.0 Å². The van der Waals surface area contributed by atoms with Gasteiger partial charge in [-0.25, -0.2) is 9.59 Å². The summed E-state index contributed by atoms with van der Waals surface area (Å²) in [5.74, 6) is -8.17. The summed E-state index contributed by atoms with van der Waals surface area (Å²) in [6.45, 7) is 3.16. The van der Waals surface area contributed by atoms with Crippen molar-refractivity contribution < 1.29 is 68.1 Å². The molecule has 2 fully saturated rings. The number of aliphatic hydroxyl groups excluding tert-OH is 2. The van der Waals surface area contributed by atoms with Crippen LogP contribution in [0, 0.1) is 11.8 Å². The van der Waals surface area contributed by atoms with Crippen LogP contribution >= 0.6 is 0 Å². The lowest BCUT2D eigenvalue weighted by atomic mass is 9.69. The van der Waals surface area contributed by atoms with E-state index in [2.05, 4.69) is 0 Å². The van der Waals surface area contributed by atoms with Crippen LogP contribution in [0.4, 0.5) is 0 Å². The number of ketones is 2. The van der Waals surface area contributed by atoms with Gasteiger partial charge in [0.2, 0.25) is 5.60 Å².